The van der Waals surface area contributed by atoms with Crippen LogP contribution in [0, 0.1) is 5.82 Å². The molecule has 0 saturated heterocycles. The zero-order chi connectivity index (χ0) is 12.1. The molecule has 0 aliphatic carbocycles. The standard InChI is InChI=1S/C11H11ClFNO2/c1-7(11(15)16)4-5-14-8-2-3-10(13)9(12)6-8/h2-4,6,14H,5H2,1H3,(H,15,16)/b7-4-. The number of benzene rings is 1. The third-order valence-corrected chi connectivity index (χ3v) is 2.26. The molecule has 0 fully saturated rings. The predicted molar refractivity (Wildman–Crippen MR) is 61.3 cm³/mol. The van der Waals surface area contributed by atoms with Crippen LogP contribution in [0.15, 0.2) is 29.8 Å². The van der Waals surface area contributed by atoms with E-state index in [-0.39, 0.29) is 10.6 Å². The van der Waals surface area contributed by atoms with Crippen LogP contribution in [0.5, 0.6) is 0 Å². The molecule has 0 saturated carbocycles. The lowest BCUT2D eigenvalue weighted by atomic mass is 10.2. The molecule has 0 aliphatic rings. The number of carbonyl (C=O) groups is 1. The van der Waals surface area contributed by atoms with E-state index in [4.69, 9.17) is 16.7 Å². The third kappa shape index (κ3) is 3.55. The van der Waals surface area contributed by atoms with Crippen molar-refractivity contribution in [2.24, 2.45) is 0 Å². The fraction of sp³-hybridized carbons (Fsp3) is 0.182. The van der Waals surface area contributed by atoms with Crippen LogP contribution in [-0.2, 0) is 4.79 Å². The van der Waals surface area contributed by atoms with Gasteiger partial charge in [-0.15, -0.1) is 0 Å². The monoisotopic (exact) mass is 243 g/mol. The molecule has 0 aromatic heterocycles. The van der Waals surface area contributed by atoms with Gasteiger partial charge >= 0.3 is 5.97 Å². The molecular formula is C11H11ClFNO2. The first-order chi connectivity index (χ1) is 7.50. The molecule has 0 bridgehead atoms. The molecule has 1 aromatic rings. The molecule has 2 N–H and O–H groups in total. The van der Waals surface area contributed by atoms with Crippen molar-refractivity contribution in [1.29, 1.82) is 0 Å². The van der Waals surface area contributed by atoms with E-state index in [1.165, 1.54) is 31.2 Å². The van der Waals surface area contributed by atoms with Gasteiger partial charge in [0.05, 0.1) is 5.02 Å². The highest BCUT2D eigenvalue weighted by Gasteiger charge is 2.00. The second-order valence-electron chi connectivity index (χ2n) is 3.20. The van der Waals surface area contributed by atoms with Crippen molar-refractivity contribution in [3.8, 4) is 0 Å². The van der Waals surface area contributed by atoms with Gasteiger partial charge in [0.15, 0.2) is 0 Å². The summed E-state index contributed by atoms with van der Waals surface area (Å²) in [5, 5.41) is 11.5. The molecular weight excluding hydrogens is 233 g/mol. The summed E-state index contributed by atoms with van der Waals surface area (Å²) in [6.45, 7) is 1.85. The minimum Gasteiger partial charge on any atom is -0.478 e. The molecule has 0 unspecified atom stereocenters. The first-order valence-corrected chi connectivity index (χ1v) is 4.97. The normalized spacial score (nSPS) is 11.3. The van der Waals surface area contributed by atoms with Crippen LogP contribution in [0.3, 0.4) is 0 Å². The summed E-state index contributed by atoms with van der Waals surface area (Å²) in [4.78, 5) is 10.5. The summed E-state index contributed by atoms with van der Waals surface area (Å²) in [5.74, 6) is -1.44. The molecule has 0 spiro atoms. The molecule has 1 rings (SSSR count). The number of nitrogens with one attached hydrogen (secondary N) is 1. The van der Waals surface area contributed by atoms with Gasteiger partial charge in [-0.3, -0.25) is 0 Å². The number of carboxylic acids is 1. The van der Waals surface area contributed by atoms with Gasteiger partial charge in [0.25, 0.3) is 0 Å². The molecule has 0 heterocycles. The van der Waals surface area contributed by atoms with E-state index >= 15 is 0 Å². The van der Waals surface area contributed by atoms with E-state index in [2.05, 4.69) is 5.32 Å². The molecule has 86 valence electrons. The Morgan fingerprint density at radius 2 is 2.31 bits per heavy atom. The average molecular weight is 244 g/mol. The largest absolute Gasteiger partial charge is 0.478 e. The first-order valence-electron chi connectivity index (χ1n) is 4.59. The smallest absolute Gasteiger partial charge is 0.331 e. The van der Waals surface area contributed by atoms with Gasteiger partial charge in [-0.25, -0.2) is 9.18 Å². The van der Waals surface area contributed by atoms with Crippen molar-refractivity contribution in [2.75, 3.05) is 11.9 Å². The van der Waals surface area contributed by atoms with Crippen molar-refractivity contribution in [2.45, 2.75) is 6.92 Å². The first kappa shape index (κ1) is 12.5. The maximum absolute atomic E-state index is 12.8. The van der Waals surface area contributed by atoms with Crippen molar-refractivity contribution >= 4 is 23.3 Å². The number of carboxylic acid groups (broad SMARTS) is 1. The Morgan fingerprint density at radius 3 is 2.88 bits per heavy atom. The van der Waals surface area contributed by atoms with Crippen molar-refractivity contribution in [1.82, 2.24) is 0 Å². The molecule has 0 radical (unpaired) electrons. The highest BCUT2D eigenvalue weighted by molar-refractivity contribution is 6.31. The maximum atomic E-state index is 12.8. The number of hydrogen-bond acceptors (Lipinski definition) is 2. The average Bonchev–Trinajstić information content (AvgIpc) is 2.23. The highest BCUT2D eigenvalue weighted by Crippen LogP contribution is 2.19. The SMILES string of the molecule is C/C(=C/CNc1ccc(F)c(Cl)c1)C(=O)O. The molecule has 16 heavy (non-hydrogen) atoms. The number of rotatable bonds is 4. The zero-order valence-corrected chi connectivity index (χ0v) is 9.38. The van der Waals surface area contributed by atoms with Crippen LogP contribution in [0.2, 0.25) is 5.02 Å². The number of aliphatic carboxylic acids is 1. The quantitative estimate of drug-likeness (QED) is 0.800. The summed E-state index contributed by atoms with van der Waals surface area (Å²) in [6.07, 6.45) is 1.53. The summed E-state index contributed by atoms with van der Waals surface area (Å²) in [7, 11) is 0. The maximum Gasteiger partial charge on any atom is 0.331 e. The van der Waals surface area contributed by atoms with Gasteiger partial charge in [0, 0.05) is 17.8 Å². The second kappa shape index (κ2) is 5.51. The van der Waals surface area contributed by atoms with Crippen molar-refractivity contribution in [3.05, 3.63) is 40.7 Å². The van der Waals surface area contributed by atoms with Crippen molar-refractivity contribution in [3.63, 3.8) is 0 Å². The Hall–Kier alpha value is -1.55. The summed E-state index contributed by atoms with van der Waals surface area (Å²) >= 11 is 5.58. The van der Waals surface area contributed by atoms with E-state index in [0.29, 0.717) is 12.2 Å². The van der Waals surface area contributed by atoms with E-state index in [1.54, 1.807) is 0 Å². The van der Waals surface area contributed by atoms with Gasteiger partial charge < -0.3 is 10.4 Å². The van der Waals surface area contributed by atoms with Crippen LogP contribution >= 0.6 is 11.6 Å². The van der Waals surface area contributed by atoms with E-state index in [0.717, 1.165) is 0 Å². The van der Waals surface area contributed by atoms with E-state index in [1.807, 2.05) is 0 Å². The lowest BCUT2D eigenvalue weighted by molar-refractivity contribution is -0.132. The molecule has 1 aromatic carbocycles. The van der Waals surface area contributed by atoms with Gasteiger partial charge in [-0.05, 0) is 25.1 Å². The van der Waals surface area contributed by atoms with Gasteiger partial charge in [-0.1, -0.05) is 17.7 Å². The van der Waals surface area contributed by atoms with E-state index in [9.17, 15) is 9.18 Å². The molecule has 3 nitrogen and oxygen atoms in total. The van der Waals surface area contributed by atoms with Crippen LogP contribution in [-0.4, -0.2) is 17.6 Å². The van der Waals surface area contributed by atoms with Crippen LogP contribution in [0.1, 0.15) is 6.92 Å². The Balaban J connectivity index is 2.59. The topological polar surface area (TPSA) is 49.3 Å². The Bertz CT molecular complexity index is 432. The Labute approximate surface area is 97.5 Å². The second-order valence-corrected chi connectivity index (χ2v) is 3.61. The van der Waals surface area contributed by atoms with Gasteiger partial charge in [-0.2, -0.15) is 0 Å². The lowest BCUT2D eigenvalue weighted by Gasteiger charge is -2.04. The van der Waals surface area contributed by atoms with Gasteiger partial charge in [0.1, 0.15) is 5.82 Å². The fourth-order valence-corrected chi connectivity index (χ4v) is 1.20. The summed E-state index contributed by atoms with van der Waals surface area (Å²) in [6, 6.07) is 4.23. The molecule has 0 atom stereocenters. The van der Waals surface area contributed by atoms with Crippen LogP contribution in [0.4, 0.5) is 10.1 Å². The Kier molecular flexibility index (Phi) is 4.31. The van der Waals surface area contributed by atoms with E-state index < -0.39 is 11.8 Å². The van der Waals surface area contributed by atoms with Crippen molar-refractivity contribution < 1.29 is 14.3 Å². The highest BCUT2D eigenvalue weighted by atomic mass is 35.5. The zero-order valence-electron chi connectivity index (χ0n) is 8.63. The van der Waals surface area contributed by atoms with Crippen LogP contribution < -0.4 is 5.32 Å². The number of anilines is 1. The minimum atomic E-state index is -0.959. The fourth-order valence-electron chi connectivity index (χ4n) is 1.02. The lowest BCUT2D eigenvalue weighted by Crippen LogP contribution is -2.03. The predicted octanol–water partition coefficient (Wildman–Crippen LogP) is 2.92. The van der Waals surface area contributed by atoms with Gasteiger partial charge in [0.2, 0.25) is 0 Å². The molecule has 5 heteroatoms. The number of hydrogen-bond donors (Lipinski definition) is 2. The third-order valence-electron chi connectivity index (χ3n) is 1.97. The summed E-state index contributed by atoms with van der Waals surface area (Å²) < 4.78 is 12.8. The Morgan fingerprint density at radius 1 is 1.62 bits per heavy atom. The van der Waals surface area contributed by atoms with Crippen LogP contribution in [0.25, 0.3) is 0 Å². The molecule has 0 amide bonds. The molecule has 0 aliphatic heterocycles. The number of halogens is 2. The summed E-state index contributed by atoms with van der Waals surface area (Å²) in [5.41, 5.74) is 0.890. The minimum absolute atomic E-state index is 0.0314.